The molecule has 1 fully saturated rings. The van der Waals surface area contributed by atoms with Gasteiger partial charge < -0.3 is 15.0 Å². The second-order valence-electron chi connectivity index (χ2n) is 7.03. The molecular weight excluding hydrogens is 518 g/mol. The van der Waals surface area contributed by atoms with E-state index in [9.17, 15) is 9.59 Å². The van der Waals surface area contributed by atoms with Crippen LogP contribution in [-0.4, -0.2) is 62.1 Å². The van der Waals surface area contributed by atoms with Gasteiger partial charge in [0, 0.05) is 34.5 Å². The number of nitrogens with one attached hydrogen (secondary N) is 1. The van der Waals surface area contributed by atoms with Crippen molar-refractivity contribution in [3.05, 3.63) is 15.9 Å². The van der Waals surface area contributed by atoms with Gasteiger partial charge in [0.1, 0.15) is 21.5 Å². The first-order valence-electron chi connectivity index (χ1n) is 8.64. The highest BCUT2D eigenvalue weighted by atomic mass is 36.0. The van der Waals surface area contributed by atoms with Gasteiger partial charge in [-0.3, -0.25) is 4.79 Å². The van der Waals surface area contributed by atoms with Crippen LogP contribution in [-0.2, 0) is 14.0 Å². The third kappa shape index (κ3) is 9.32. The quantitative estimate of drug-likeness (QED) is 0.256. The standard InChI is InChI=1S/C16H22Cl2N4O3S.Cl2OS/c1-16(2,3)25-15(24)22-7-5-6-9(22)8-19-13(23)10-11(17)20-14(26-4)21-12(10)18;1-4(2)3/h9H,5-8H2,1-4H3,(H,19,23);/t9-;/m0./s1. The van der Waals surface area contributed by atoms with Gasteiger partial charge in [-0.15, -0.1) is 0 Å². The summed E-state index contributed by atoms with van der Waals surface area (Å²) in [5.74, 6) is -0.469. The SMILES string of the molecule is CSc1nc(Cl)c(C(=O)NC[C@@H]2CCCN2C(=O)OC(C)(C)C)c(Cl)n1.O=S(Cl)Cl. The van der Waals surface area contributed by atoms with Crippen LogP contribution in [0.4, 0.5) is 4.79 Å². The second-order valence-corrected chi connectivity index (χ2v) is 11.0. The smallest absolute Gasteiger partial charge is 0.410 e. The fourth-order valence-electron chi connectivity index (χ4n) is 2.58. The summed E-state index contributed by atoms with van der Waals surface area (Å²) < 4.78 is 14.5. The maximum absolute atomic E-state index is 12.4. The minimum atomic E-state index is -1.67. The van der Waals surface area contributed by atoms with Gasteiger partial charge in [-0.2, -0.15) is 0 Å². The van der Waals surface area contributed by atoms with Crippen molar-refractivity contribution in [1.29, 1.82) is 0 Å². The molecule has 0 spiro atoms. The van der Waals surface area contributed by atoms with Crippen LogP contribution in [0.2, 0.25) is 10.3 Å². The highest BCUT2D eigenvalue weighted by Crippen LogP contribution is 2.25. The number of ether oxygens (including phenoxy) is 1. The first kappa shape index (κ1) is 27.5. The highest BCUT2D eigenvalue weighted by Gasteiger charge is 2.32. The van der Waals surface area contributed by atoms with Gasteiger partial charge in [-0.25, -0.2) is 19.0 Å². The van der Waals surface area contributed by atoms with Crippen molar-refractivity contribution in [2.24, 2.45) is 0 Å². The maximum atomic E-state index is 12.4. The highest BCUT2D eigenvalue weighted by molar-refractivity contribution is 8.26. The van der Waals surface area contributed by atoms with Crippen molar-refractivity contribution < 1.29 is 18.5 Å². The molecule has 30 heavy (non-hydrogen) atoms. The lowest BCUT2D eigenvalue weighted by atomic mass is 10.2. The number of halogens is 4. The third-order valence-electron chi connectivity index (χ3n) is 3.71. The van der Waals surface area contributed by atoms with Gasteiger partial charge in [0.25, 0.3) is 5.91 Å². The minimum Gasteiger partial charge on any atom is -0.444 e. The normalized spacial score (nSPS) is 16.2. The van der Waals surface area contributed by atoms with Gasteiger partial charge in [0.05, 0.1) is 6.04 Å². The van der Waals surface area contributed by atoms with Crippen molar-refractivity contribution in [1.82, 2.24) is 20.2 Å². The van der Waals surface area contributed by atoms with E-state index in [1.807, 2.05) is 20.8 Å². The Bertz CT molecular complexity index is 768. The Morgan fingerprint density at radius 3 is 2.27 bits per heavy atom. The van der Waals surface area contributed by atoms with E-state index in [2.05, 4.69) is 36.6 Å². The zero-order valence-corrected chi connectivity index (χ0v) is 21.4. The van der Waals surface area contributed by atoms with Gasteiger partial charge in [-0.05, 0) is 39.9 Å². The lowest BCUT2D eigenvalue weighted by Gasteiger charge is -2.28. The average Bonchev–Trinajstić information content (AvgIpc) is 3.06. The molecule has 0 radical (unpaired) electrons. The lowest BCUT2D eigenvalue weighted by molar-refractivity contribution is 0.0225. The zero-order chi connectivity index (χ0) is 23.1. The fourth-order valence-corrected chi connectivity index (χ4v) is 3.60. The second kappa shape index (κ2) is 12.5. The van der Waals surface area contributed by atoms with E-state index in [0.717, 1.165) is 12.8 Å². The topological polar surface area (TPSA) is 101 Å². The predicted octanol–water partition coefficient (Wildman–Crippen LogP) is 4.68. The molecule has 0 bridgehead atoms. The molecule has 8 nitrogen and oxygen atoms in total. The number of hydrogen-bond donors (Lipinski definition) is 1. The molecule has 170 valence electrons. The number of nitrogens with zero attached hydrogens (tertiary/aromatic N) is 3. The molecule has 2 heterocycles. The van der Waals surface area contributed by atoms with Crippen molar-refractivity contribution in [3.63, 3.8) is 0 Å². The number of hydrogen-bond acceptors (Lipinski definition) is 7. The van der Waals surface area contributed by atoms with Gasteiger partial charge in [-0.1, -0.05) is 35.0 Å². The van der Waals surface area contributed by atoms with Crippen LogP contribution in [0.3, 0.4) is 0 Å². The number of carbonyl (C=O) groups excluding carboxylic acids is 2. The largest absolute Gasteiger partial charge is 0.444 e. The average molecular weight is 540 g/mol. The molecule has 1 atom stereocenters. The Morgan fingerprint density at radius 2 is 1.80 bits per heavy atom. The molecule has 0 aromatic carbocycles. The van der Waals surface area contributed by atoms with Crippen molar-refractivity contribution >= 4 is 77.6 Å². The predicted molar refractivity (Wildman–Crippen MR) is 122 cm³/mol. The third-order valence-corrected chi connectivity index (χ3v) is 4.81. The Labute approximate surface area is 201 Å². The maximum Gasteiger partial charge on any atom is 0.410 e. The van der Waals surface area contributed by atoms with Crippen LogP contribution in [0.5, 0.6) is 0 Å². The molecule has 0 aliphatic carbocycles. The van der Waals surface area contributed by atoms with Crippen LogP contribution in [0, 0.1) is 0 Å². The molecule has 1 aromatic rings. The molecule has 2 rings (SSSR count). The van der Waals surface area contributed by atoms with E-state index in [1.165, 1.54) is 11.8 Å². The molecule has 1 saturated heterocycles. The first-order valence-corrected chi connectivity index (χ1v) is 13.4. The number of rotatable bonds is 4. The molecule has 0 saturated carbocycles. The Morgan fingerprint density at radius 1 is 1.27 bits per heavy atom. The Hall–Kier alpha value is -0.520. The summed E-state index contributed by atoms with van der Waals surface area (Å²) in [7, 11) is 7.36. The van der Waals surface area contributed by atoms with Crippen molar-refractivity contribution in [2.75, 3.05) is 19.3 Å². The van der Waals surface area contributed by atoms with Crippen LogP contribution in [0.25, 0.3) is 0 Å². The molecule has 1 N–H and O–H groups in total. The molecule has 1 aliphatic heterocycles. The van der Waals surface area contributed by atoms with Crippen molar-refractivity contribution in [3.8, 4) is 0 Å². The Kier molecular flexibility index (Phi) is 11.5. The zero-order valence-electron chi connectivity index (χ0n) is 16.7. The number of thioether (sulfide) groups is 1. The molecule has 1 aliphatic rings. The van der Waals surface area contributed by atoms with Crippen LogP contribution >= 0.6 is 56.3 Å². The van der Waals surface area contributed by atoms with Crippen LogP contribution in [0.15, 0.2) is 5.16 Å². The number of carbonyl (C=O) groups is 2. The number of likely N-dealkylation sites (tertiary alicyclic amines) is 1. The van der Waals surface area contributed by atoms with Gasteiger partial charge >= 0.3 is 6.09 Å². The molecule has 1 aromatic heterocycles. The minimum absolute atomic E-state index is 0.00210. The molecular formula is C16H22Cl4N4O4S2. The van der Waals surface area contributed by atoms with E-state index in [-0.39, 0.29) is 34.5 Å². The van der Waals surface area contributed by atoms with E-state index >= 15 is 0 Å². The summed E-state index contributed by atoms with van der Waals surface area (Å²) in [4.78, 5) is 34.4. The Balaban J connectivity index is 0.00000103. The fraction of sp³-hybridized carbons (Fsp3) is 0.625. The number of aromatic nitrogens is 2. The van der Waals surface area contributed by atoms with E-state index < -0.39 is 20.7 Å². The summed E-state index contributed by atoms with van der Waals surface area (Å²) in [6.45, 7) is 6.33. The monoisotopic (exact) mass is 538 g/mol. The summed E-state index contributed by atoms with van der Waals surface area (Å²) in [5.41, 5.74) is -0.529. The van der Waals surface area contributed by atoms with Crippen LogP contribution in [0.1, 0.15) is 44.0 Å². The summed E-state index contributed by atoms with van der Waals surface area (Å²) in [6, 6.07) is -0.141. The molecule has 14 heteroatoms. The van der Waals surface area contributed by atoms with Gasteiger partial charge in [0.2, 0.25) is 9.23 Å². The lowest BCUT2D eigenvalue weighted by Crippen LogP contribution is -2.45. The number of amides is 2. The summed E-state index contributed by atoms with van der Waals surface area (Å²) in [5, 5.41) is 3.16. The first-order chi connectivity index (χ1) is 13.9. The summed E-state index contributed by atoms with van der Waals surface area (Å²) in [6.07, 6.45) is 3.04. The van der Waals surface area contributed by atoms with Crippen LogP contribution < -0.4 is 5.32 Å². The van der Waals surface area contributed by atoms with Crippen molar-refractivity contribution in [2.45, 2.75) is 50.4 Å². The molecule has 0 unspecified atom stereocenters. The van der Waals surface area contributed by atoms with Gasteiger partial charge in [0.15, 0.2) is 5.16 Å². The molecule has 2 amide bonds. The van der Waals surface area contributed by atoms with E-state index in [0.29, 0.717) is 11.7 Å². The van der Waals surface area contributed by atoms with E-state index in [1.54, 1.807) is 11.2 Å². The summed E-state index contributed by atoms with van der Waals surface area (Å²) >= 11 is 13.4. The van der Waals surface area contributed by atoms with E-state index in [4.69, 9.17) is 32.1 Å².